The number of nitrogens with one attached hydrogen (secondary N) is 1. The summed E-state index contributed by atoms with van der Waals surface area (Å²) in [4.78, 5) is 27.7. The lowest BCUT2D eigenvalue weighted by molar-refractivity contribution is -0.146. The van der Waals surface area contributed by atoms with Crippen LogP contribution in [0.3, 0.4) is 0 Å². The highest BCUT2D eigenvalue weighted by atomic mass is 16.5. The van der Waals surface area contributed by atoms with Gasteiger partial charge in [0.2, 0.25) is 0 Å². The van der Waals surface area contributed by atoms with Crippen LogP contribution >= 0.6 is 0 Å². The Morgan fingerprint density at radius 1 is 1.09 bits per heavy atom. The van der Waals surface area contributed by atoms with Crippen LogP contribution in [0.2, 0.25) is 0 Å². The molecule has 1 saturated carbocycles. The van der Waals surface area contributed by atoms with Gasteiger partial charge in [-0.05, 0) is 37.1 Å². The van der Waals surface area contributed by atoms with E-state index < -0.39 is 11.8 Å². The summed E-state index contributed by atoms with van der Waals surface area (Å²) in [6.45, 7) is 2.61. The lowest BCUT2D eigenvalue weighted by atomic mass is 10.2. The molecular weight excluding hydrogens is 282 g/mol. The van der Waals surface area contributed by atoms with Gasteiger partial charge in [-0.2, -0.15) is 0 Å². The number of methoxy groups -OCH3 is 1. The van der Waals surface area contributed by atoms with Gasteiger partial charge in [-0.3, -0.25) is 9.59 Å². The molecular formula is C16H21N3O3. The predicted molar refractivity (Wildman–Crippen MR) is 83.0 cm³/mol. The molecule has 2 aliphatic rings. The molecule has 2 amide bonds. The van der Waals surface area contributed by atoms with Crippen LogP contribution in [0.5, 0.6) is 5.75 Å². The van der Waals surface area contributed by atoms with Gasteiger partial charge in [0.25, 0.3) is 0 Å². The number of anilines is 1. The molecule has 6 nitrogen and oxygen atoms in total. The molecule has 2 fully saturated rings. The first-order valence-corrected chi connectivity index (χ1v) is 7.66. The zero-order chi connectivity index (χ0) is 15.5. The van der Waals surface area contributed by atoms with Crippen molar-refractivity contribution in [1.29, 1.82) is 0 Å². The first-order chi connectivity index (χ1) is 10.7. The second-order valence-corrected chi connectivity index (χ2v) is 5.73. The Kier molecular flexibility index (Phi) is 4.18. The minimum absolute atomic E-state index is 0.219. The van der Waals surface area contributed by atoms with Gasteiger partial charge in [-0.1, -0.05) is 0 Å². The molecule has 22 heavy (non-hydrogen) atoms. The summed E-state index contributed by atoms with van der Waals surface area (Å²) < 4.78 is 5.15. The summed E-state index contributed by atoms with van der Waals surface area (Å²) in [6.07, 6.45) is 1.98. The molecule has 1 heterocycles. The summed E-state index contributed by atoms with van der Waals surface area (Å²) in [5.74, 6) is -0.0315. The maximum absolute atomic E-state index is 12.1. The number of carbonyl (C=O) groups is 2. The minimum Gasteiger partial charge on any atom is -0.497 e. The molecule has 1 aliphatic heterocycles. The number of hydrogen-bond acceptors (Lipinski definition) is 4. The van der Waals surface area contributed by atoms with Crippen LogP contribution in [0.4, 0.5) is 5.69 Å². The van der Waals surface area contributed by atoms with Gasteiger partial charge in [0, 0.05) is 37.9 Å². The van der Waals surface area contributed by atoms with E-state index in [4.69, 9.17) is 4.74 Å². The van der Waals surface area contributed by atoms with E-state index in [9.17, 15) is 9.59 Å². The number of benzene rings is 1. The average Bonchev–Trinajstić information content (AvgIpc) is 3.38. The van der Waals surface area contributed by atoms with Crippen molar-refractivity contribution in [3.8, 4) is 5.75 Å². The van der Waals surface area contributed by atoms with E-state index in [1.54, 1.807) is 12.0 Å². The zero-order valence-corrected chi connectivity index (χ0v) is 12.7. The molecule has 0 unspecified atom stereocenters. The summed E-state index contributed by atoms with van der Waals surface area (Å²) in [7, 11) is 1.64. The largest absolute Gasteiger partial charge is 0.497 e. The fraction of sp³-hybridized carbons (Fsp3) is 0.500. The monoisotopic (exact) mass is 303 g/mol. The van der Waals surface area contributed by atoms with Crippen molar-refractivity contribution in [3.63, 3.8) is 0 Å². The van der Waals surface area contributed by atoms with Crippen molar-refractivity contribution in [3.05, 3.63) is 24.3 Å². The van der Waals surface area contributed by atoms with Crippen molar-refractivity contribution in [2.24, 2.45) is 0 Å². The fourth-order valence-electron chi connectivity index (χ4n) is 2.58. The standard InChI is InChI=1S/C16H21N3O3/c1-22-14-6-4-13(5-7-14)18-8-10-19(11-9-18)16(21)15(20)17-12-2-3-12/h4-7,12H,2-3,8-11H2,1H3,(H,17,20). The van der Waals surface area contributed by atoms with Gasteiger partial charge < -0.3 is 19.9 Å². The number of rotatable bonds is 3. The Morgan fingerprint density at radius 3 is 2.27 bits per heavy atom. The van der Waals surface area contributed by atoms with E-state index in [1.165, 1.54) is 0 Å². The number of carbonyl (C=O) groups excluding carboxylic acids is 2. The first-order valence-electron chi connectivity index (χ1n) is 7.66. The van der Waals surface area contributed by atoms with E-state index >= 15 is 0 Å². The highest BCUT2D eigenvalue weighted by molar-refractivity contribution is 6.35. The van der Waals surface area contributed by atoms with Gasteiger partial charge in [0.05, 0.1) is 7.11 Å². The second-order valence-electron chi connectivity index (χ2n) is 5.73. The Morgan fingerprint density at radius 2 is 1.73 bits per heavy atom. The first kappa shape index (κ1) is 14.7. The van der Waals surface area contributed by atoms with Crippen molar-refractivity contribution in [2.45, 2.75) is 18.9 Å². The Hall–Kier alpha value is -2.24. The molecule has 1 aromatic rings. The van der Waals surface area contributed by atoms with E-state index in [2.05, 4.69) is 10.2 Å². The third-order valence-electron chi connectivity index (χ3n) is 4.11. The highest BCUT2D eigenvalue weighted by Gasteiger charge is 2.30. The van der Waals surface area contributed by atoms with E-state index in [0.717, 1.165) is 37.4 Å². The summed E-state index contributed by atoms with van der Waals surface area (Å²) in [5.41, 5.74) is 1.11. The Labute approximate surface area is 130 Å². The van der Waals surface area contributed by atoms with Crippen molar-refractivity contribution < 1.29 is 14.3 Å². The molecule has 118 valence electrons. The summed E-state index contributed by atoms with van der Waals surface area (Å²) in [5, 5.41) is 2.75. The smallest absolute Gasteiger partial charge is 0.312 e. The van der Waals surface area contributed by atoms with E-state index in [0.29, 0.717) is 13.1 Å². The van der Waals surface area contributed by atoms with Gasteiger partial charge in [-0.15, -0.1) is 0 Å². The van der Waals surface area contributed by atoms with Gasteiger partial charge >= 0.3 is 11.8 Å². The number of piperazine rings is 1. The van der Waals surface area contributed by atoms with Crippen molar-refractivity contribution >= 4 is 17.5 Å². The number of ether oxygens (including phenoxy) is 1. The normalized spacial score (nSPS) is 18.0. The van der Waals surface area contributed by atoms with E-state index in [-0.39, 0.29) is 6.04 Å². The molecule has 1 aliphatic carbocycles. The SMILES string of the molecule is COc1ccc(N2CCN(C(=O)C(=O)NC3CC3)CC2)cc1. The van der Waals surface area contributed by atoms with Gasteiger partial charge in [0.1, 0.15) is 5.75 Å². The molecule has 3 rings (SSSR count). The summed E-state index contributed by atoms with van der Waals surface area (Å²) >= 11 is 0. The highest BCUT2D eigenvalue weighted by Crippen LogP contribution is 2.21. The fourth-order valence-corrected chi connectivity index (χ4v) is 2.58. The van der Waals surface area contributed by atoms with E-state index in [1.807, 2.05) is 24.3 Å². The second kappa shape index (κ2) is 6.25. The average molecular weight is 303 g/mol. The molecule has 0 atom stereocenters. The van der Waals surface area contributed by atoms with Crippen LogP contribution in [0.1, 0.15) is 12.8 Å². The lowest BCUT2D eigenvalue weighted by Crippen LogP contribution is -2.53. The van der Waals surface area contributed by atoms with Crippen LogP contribution < -0.4 is 15.0 Å². The third-order valence-corrected chi connectivity index (χ3v) is 4.11. The zero-order valence-electron chi connectivity index (χ0n) is 12.7. The molecule has 0 radical (unpaired) electrons. The molecule has 1 saturated heterocycles. The molecule has 0 spiro atoms. The Balaban J connectivity index is 1.52. The number of amides is 2. The topological polar surface area (TPSA) is 61.9 Å². The molecule has 0 aromatic heterocycles. The quantitative estimate of drug-likeness (QED) is 0.832. The Bertz CT molecular complexity index is 546. The van der Waals surface area contributed by atoms with Gasteiger partial charge in [-0.25, -0.2) is 0 Å². The molecule has 0 bridgehead atoms. The molecule has 6 heteroatoms. The molecule has 1 N–H and O–H groups in total. The van der Waals surface area contributed by atoms with Crippen LogP contribution in [0.25, 0.3) is 0 Å². The number of hydrogen-bond donors (Lipinski definition) is 1. The van der Waals surface area contributed by atoms with Crippen LogP contribution in [-0.4, -0.2) is 56.0 Å². The van der Waals surface area contributed by atoms with Crippen LogP contribution in [0, 0.1) is 0 Å². The van der Waals surface area contributed by atoms with Crippen molar-refractivity contribution in [1.82, 2.24) is 10.2 Å². The predicted octanol–water partition coefficient (Wildman–Crippen LogP) is 0.622. The number of nitrogens with zero attached hydrogens (tertiary/aromatic N) is 2. The summed E-state index contributed by atoms with van der Waals surface area (Å²) in [6, 6.07) is 8.09. The maximum atomic E-state index is 12.1. The minimum atomic E-state index is -0.458. The van der Waals surface area contributed by atoms with Crippen LogP contribution in [0.15, 0.2) is 24.3 Å². The van der Waals surface area contributed by atoms with Gasteiger partial charge in [0.15, 0.2) is 0 Å². The lowest BCUT2D eigenvalue weighted by Gasteiger charge is -2.35. The molecule has 1 aromatic carbocycles. The van der Waals surface area contributed by atoms with Crippen molar-refractivity contribution in [2.75, 3.05) is 38.2 Å². The third kappa shape index (κ3) is 3.32. The van der Waals surface area contributed by atoms with Crippen LogP contribution in [-0.2, 0) is 9.59 Å². The maximum Gasteiger partial charge on any atom is 0.312 e.